The number of aromatic nitrogens is 3. The normalized spacial score (nSPS) is 12.5. The Bertz CT molecular complexity index is 977. The van der Waals surface area contributed by atoms with Crippen LogP contribution in [0.2, 0.25) is 0 Å². The van der Waals surface area contributed by atoms with E-state index in [0.29, 0.717) is 27.7 Å². The number of phenolic OH excluding ortho intramolecular Hbond substituents is 1. The first kappa shape index (κ1) is 14.8. The Morgan fingerprint density at radius 3 is 2.88 bits per heavy atom. The SMILES string of the molecule is CCc1ccc(O)c(-c2n[nH]c(=S)n2-c2ccc3c(c2)OCO3)c1. The van der Waals surface area contributed by atoms with E-state index in [0.717, 1.165) is 17.7 Å². The molecule has 1 aromatic heterocycles. The number of phenols is 1. The molecule has 122 valence electrons. The average molecular weight is 341 g/mol. The molecule has 0 saturated heterocycles. The molecule has 2 heterocycles. The first-order valence-corrected chi connectivity index (χ1v) is 7.98. The summed E-state index contributed by atoms with van der Waals surface area (Å²) in [5, 5.41) is 17.4. The highest BCUT2D eigenvalue weighted by Crippen LogP contribution is 2.36. The number of benzene rings is 2. The number of nitrogens with zero attached hydrogens (tertiary/aromatic N) is 2. The van der Waals surface area contributed by atoms with Crippen LogP contribution in [0.15, 0.2) is 36.4 Å². The van der Waals surface area contributed by atoms with Gasteiger partial charge in [-0.1, -0.05) is 13.0 Å². The topological polar surface area (TPSA) is 72.3 Å². The number of fused-ring (bicyclic) bond motifs is 1. The average Bonchev–Trinajstić information content (AvgIpc) is 3.21. The number of aryl methyl sites for hydroxylation is 1. The highest BCUT2D eigenvalue weighted by molar-refractivity contribution is 7.71. The van der Waals surface area contributed by atoms with Crippen molar-refractivity contribution in [2.24, 2.45) is 0 Å². The van der Waals surface area contributed by atoms with Crippen LogP contribution in [0, 0.1) is 4.77 Å². The van der Waals surface area contributed by atoms with Crippen LogP contribution in [-0.4, -0.2) is 26.7 Å². The van der Waals surface area contributed by atoms with Gasteiger partial charge in [-0.05, 0) is 48.5 Å². The van der Waals surface area contributed by atoms with Gasteiger partial charge in [-0.25, -0.2) is 0 Å². The molecule has 2 N–H and O–H groups in total. The molecule has 2 aromatic carbocycles. The third-order valence-corrected chi connectivity index (χ3v) is 4.27. The smallest absolute Gasteiger partial charge is 0.231 e. The highest BCUT2D eigenvalue weighted by atomic mass is 32.1. The van der Waals surface area contributed by atoms with Gasteiger partial charge in [0.25, 0.3) is 0 Å². The van der Waals surface area contributed by atoms with E-state index in [2.05, 4.69) is 17.1 Å². The number of aromatic amines is 1. The Labute approximate surface area is 143 Å². The molecule has 4 rings (SSSR count). The Hall–Kier alpha value is -2.80. The quantitative estimate of drug-likeness (QED) is 0.712. The van der Waals surface area contributed by atoms with Crippen LogP contribution in [0.1, 0.15) is 12.5 Å². The molecular weight excluding hydrogens is 326 g/mol. The van der Waals surface area contributed by atoms with Crippen molar-refractivity contribution in [1.82, 2.24) is 14.8 Å². The molecular formula is C17H15N3O3S. The van der Waals surface area contributed by atoms with Crippen LogP contribution in [0.5, 0.6) is 17.2 Å². The molecule has 6 nitrogen and oxygen atoms in total. The summed E-state index contributed by atoms with van der Waals surface area (Å²) in [5.41, 5.74) is 2.52. The fraction of sp³-hybridized carbons (Fsp3) is 0.176. The molecule has 3 aromatic rings. The van der Waals surface area contributed by atoms with Gasteiger partial charge in [-0.2, -0.15) is 5.10 Å². The van der Waals surface area contributed by atoms with Crippen LogP contribution < -0.4 is 9.47 Å². The van der Waals surface area contributed by atoms with E-state index in [-0.39, 0.29) is 12.5 Å². The van der Waals surface area contributed by atoms with Gasteiger partial charge < -0.3 is 14.6 Å². The second-order valence-electron chi connectivity index (χ2n) is 5.43. The Balaban J connectivity index is 1.90. The fourth-order valence-corrected chi connectivity index (χ4v) is 2.96. The molecule has 1 aliphatic heterocycles. The highest BCUT2D eigenvalue weighted by Gasteiger charge is 2.18. The van der Waals surface area contributed by atoms with Crippen molar-refractivity contribution in [1.29, 1.82) is 0 Å². The van der Waals surface area contributed by atoms with Gasteiger partial charge in [0.2, 0.25) is 6.79 Å². The summed E-state index contributed by atoms with van der Waals surface area (Å²) in [6.07, 6.45) is 0.864. The lowest BCUT2D eigenvalue weighted by atomic mass is 10.1. The Morgan fingerprint density at radius 2 is 2.04 bits per heavy atom. The first-order chi connectivity index (χ1) is 11.7. The Kier molecular flexibility index (Phi) is 3.50. The summed E-state index contributed by atoms with van der Waals surface area (Å²) in [6.45, 7) is 2.27. The minimum Gasteiger partial charge on any atom is -0.507 e. The molecule has 0 bridgehead atoms. The van der Waals surface area contributed by atoms with Crippen molar-refractivity contribution < 1.29 is 14.6 Å². The lowest BCUT2D eigenvalue weighted by Crippen LogP contribution is -1.98. The van der Waals surface area contributed by atoms with Crippen molar-refractivity contribution in [3.05, 3.63) is 46.7 Å². The van der Waals surface area contributed by atoms with E-state index < -0.39 is 0 Å². The van der Waals surface area contributed by atoms with E-state index in [9.17, 15) is 5.11 Å². The Morgan fingerprint density at radius 1 is 1.21 bits per heavy atom. The van der Waals surface area contributed by atoms with E-state index in [1.807, 2.05) is 30.3 Å². The maximum Gasteiger partial charge on any atom is 0.231 e. The molecule has 0 saturated carbocycles. The third-order valence-electron chi connectivity index (χ3n) is 4.00. The number of rotatable bonds is 3. The van der Waals surface area contributed by atoms with Crippen LogP contribution in [-0.2, 0) is 6.42 Å². The summed E-state index contributed by atoms with van der Waals surface area (Å²) in [6, 6.07) is 11.0. The summed E-state index contributed by atoms with van der Waals surface area (Å²) in [4.78, 5) is 0. The first-order valence-electron chi connectivity index (χ1n) is 7.57. The molecule has 0 unspecified atom stereocenters. The summed E-state index contributed by atoms with van der Waals surface area (Å²) < 4.78 is 13.0. The van der Waals surface area contributed by atoms with E-state index in [1.165, 1.54) is 0 Å². The van der Waals surface area contributed by atoms with E-state index >= 15 is 0 Å². The van der Waals surface area contributed by atoms with Gasteiger partial charge in [0.05, 0.1) is 11.3 Å². The van der Waals surface area contributed by atoms with Crippen molar-refractivity contribution in [3.63, 3.8) is 0 Å². The molecule has 1 aliphatic rings. The van der Waals surface area contributed by atoms with Crippen molar-refractivity contribution >= 4 is 12.2 Å². The molecule has 0 amide bonds. The standard InChI is InChI=1S/C17H15N3O3S/c1-2-10-3-5-13(21)12(7-10)16-18-19-17(24)20(16)11-4-6-14-15(8-11)23-9-22-14/h3-8,21H,2,9H2,1H3,(H,19,24). The summed E-state index contributed by atoms with van der Waals surface area (Å²) >= 11 is 5.38. The van der Waals surface area contributed by atoms with Crippen molar-refractivity contribution in [3.8, 4) is 34.3 Å². The van der Waals surface area contributed by atoms with Gasteiger partial charge >= 0.3 is 0 Å². The van der Waals surface area contributed by atoms with Crippen LogP contribution in [0.4, 0.5) is 0 Å². The lowest BCUT2D eigenvalue weighted by molar-refractivity contribution is 0.174. The summed E-state index contributed by atoms with van der Waals surface area (Å²) in [7, 11) is 0. The minimum atomic E-state index is 0.156. The number of nitrogens with one attached hydrogen (secondary N) is 1. The van der Waals surface area contributed by atoms with Crippen molar-refractivity contribution in [2.75, 3.05) is 6.79 Å². The zero-order chi connectivity index (χ0) is 16.7. The zero-order valence-corrected chi connectivity index (χ0v) is 13.8. The second-order valence-corrected chi connectivity index (χ2v) is 5.82. The second kappa shape index (κ2) is 5.68. The molecule has 24 heavy (non-hydrogen) atoms. The predicted molar refractivity (Wildman–Crippen MR) is 91.4 cm³/mol. The molecule has 7 heteroatoms. The van der Waals surface area contributed by atoms with Crippen molar-refractivity contribution in [2.45, 2.75) is 13.3 Å². The fourth-order valence-electron chi connectivity index (χ4n) is 2.72. The maximum atomic E-state index is 10.3. The van der Waals surface area contributed by atoms with E-state index in [4.69, 9.17) is 21.7 Å². The third kappa shape index (κ3) is 2.33. The van der Waals surface area contributed by atoms with Crippen LogP contribution in [0.3, 0.4) is 0 Å². The summed E-state index contributed by atoms with van der Waals surface area (Å²) in [5.74, 6) is 2.06. The maximum absolute atomic E-state index is 10.3. The number of hydrogen-bond acceptors (Lipinski definition) is 5. The molecule has 0 spiro atoms. The van der Waals surface area contributed by atoms with Gasteiger partial charge in [0.1, 0.15) is 5.75 Å². The molecule has 0 radical (unpaired) electrons. The number of H-pyrrole nitrogens is 1. The van der Waals surface area contributed by atoms with Crippen LogP contribution >= 0.6 is 12.2 Å². The molecule has 0 aliphatic carbocycles. The van der Waals surface area contributed by atoms with E-state index in [1.54, 1.807) is 10.6 Å². The number of ether oxygens (including phenoxy) is 2. The number of aromatic hydroxyl groups is 1. The number of hydrogen-bond donors (Lipinski definition) is 2. The lowest BCUT2D eigenvalue weighted by Gasteiger charge is -2.10. The minimum absolute atomic E-state index is 0.156. The van der Waals surface area contributed by atoms with Gasteiger partial charge in [0.15, 0.2) is 22.1 Å². The largest absolute Gasteiger partial charge is 0.507 e. The van der Waals surface area contributed by atoms with Gasteiger partial charge in [0, 0.05) is 6.07 Å². The molecule has 0 fully saturated rings. The monoisotopic (exact) mass is 341 g/mol. The van der Waals surface area contributed by atoms with Gasteiger partial charge in [-0.3, -0.25) is 9.67 Å². The van der Waals surface area contributed by atoms with Crippen LogP contribution in [0.25, 0.3) is 17.1 Å². The predicted octanol–water partition coefficient (Wildman–Crippen LogP) is 3.59. The zero-order valence-electron chi connectivity index (χ0n) is 12.9. The van der Waals surface area contributed by atoms with Gasteiger partial charge in [-0.15, -0.1) is 0 Å². The molecule has 0 atom stereocenters.